The lowest BCUT2D eigenvalue weighted by molar-refractivity contribution is 1.18. The third-order valence-corrected chi connectivity index (χ3v) is 22.2. The van der Waals surface area contributed by atoms with E-state index in [0.717, 1.165) is 45.5 Å². The molecule has 21 aromatic rings. The first-order valence-electron chi connectivity index (χ1n) is 38.4. The summed E-state index contributed by atoms with van der Waals surface area (Å²) >= 11 is 0. The van der Waals surface area contributed by atoms with E-state index < -0.39 is 0 Å². The van der Waals surface area contributed by atoms with E-state index in [1.54, 1.807) is 0 Å². The van der Waals surface area contributed by atoms with Crippen molar-refractivity contribution in [2.45, 2.75) is 0 Å². The highest BCUT2D eigenvalue weighted by molar-refractivity contribution is 6.10. The van der Waals surface area contributed by atoms with Gasteiger partial charge in [0.15, 0.2) is 0 Å². The molecular weight excluding hydrogens is 1350 g/mol. The second-order valence-electron chi connectivity index (χ2n) is 28.8. The normalized spacial score (nSPS) is 11.4. The molecule has 112 heavy (non-hydrogen) atoms. The molecule has 0 fully saturated rings. The van der Waals surface area contributed by atoms with Crippen LogP contribution in [0.1, 0.15) is 0 Å². The number of benzene rings is 19. The monoisotopic (exact) mass is 1430 g/mol. The van der Waals surface area contributed by atoms with Crippen LogP contribution >= 0.6 is 0 Å². The van der Waals surface area contributed by atoms with Crippen molar-refractivity contribution in [2.24, 2.45) is 0 Å². The van der Waals surface area contributed by atoms with Gasteiger partial charge in [0.25, 0.3) is 0 Å². The van der Waals surface area contributed by atoms with Crippen LogP contribution in [0.3, 0.4) is 0 Å². The zero-order chi connectivity index (χ0) is 74.3. The predicted octanol–water partition coefficient (Wildman–Crippen LogP) is 30.0. The minimum atomic E-state index is 1.10. The molecular formula is C108H74N4. The van der Waals surface area contributed by atoms with Gasteiger partial charge in [-0.3, -0.25) is 0 Å². The van der Waals surface area contributed by atoms with Gasteiger partial charge in [-0.05, 0) is 239 Å². The van der Waals surface area contributed by atoms with Gasteiger partial charge in [-0.1, -0.05) is 309 Å². The molecule has 0 aliphatic carbocycles. The first-order chi connectivity index (χ1) is 55.5. The molecule has 0 spiro atoms. The van der Waals surface area contributed by atoms with Gasteiger partial charge in [-0.25, -0.2) is 0 Å². The molecule has 0 saturated heterocycles. The van der Waals surface area contributed by atoms with Crippen molar-refractivity contribution in [2.75, 3.05) is 9.80 Å². The van der Waals surface area contributed by atoms with Gasteiger partial charge in [-0.2, -0.15) is 0 Å². The highest BCUT2D eigenvalue weighted by Crippen LogP contribution is 2.43. The maximum absolute atomic E-state index is 2.37. The van der Waals surface area contributed by atoms with Gasteiger partial charge < -0.3 is 18.9 Å². The Hall–Kier alpha value is -14.8. The standard InChI is InChI=1S/C56H38N2.C52H36N2/c1-3-11-45-37-47(19-17-39(45)9-1)43-25-31-50(32-26-43)57(51-33-27-44(28-34-51)48-20-18-40-10-2-4-12-46(40)38-48)49-29-21-41(22-30-49)42-23-35-52(36-24-42)58-55-15-7-5-13-53(55)54-14-6-8-16-56(54)58;1-2-10-37(11-3-1)39-20-28-45(29-21-39)53(47-32-26-42(27-33-47)44-19-18-38-12-4-5-13-43(38)36-44)46-30-22-40(23-31-46)41-24-34-48(35-25-41)54-51-16-8-6-14-49(51)50-15-7-9-17-52(50)54/h1-38H;1-36H. The molecule has 0 aliphatic heterocycles. The molecule has 0 atom stereocenters. The average Bonchev–Trinajstić information content (AvgIpc) is 1.59. The zero-order valence-electron chi connectivity index (χ0n) is 61.5. The van der Waals surface area contributed by atoms with Crippen LogP contribution in [0.15, 0.2) is 449 Å². The highest BCUT2D eigenvalue weighted by atomic mass is 15.1. The zero-order valence-corrected chi connectivity index (χ0v) is 61.5. The van der Waals surface area contributed by atoms with Crippen LogP contribution in [0, 0.1) is 0 Å². The fourth-order valence-electron chi connectivity index (χ4n) is 16.5. The van der Waals surface area contributed by atoms with Crippen LogP contribution in [0.25, 0.3) is 154 Å². The van der Waals surface area contributed by atoms with Crippen LogP contribution in [0.5, 0.6) is 0 Å². The Balaban J connectivity index is 0.000000146. The van der Waals surface area contributed by atoms with Crippen LogP contribution < -0.4 is 9.80 Å². The topological polar surface area (TPSA) is 16.3 Å². The highest BCUT2D eigenvalue weighted by Gasteiger charge is 2.19. The number of rotatable bonds is 14. The Kier molecular flexibility index (Phi) is 17.3. The van der Waals surface area contributed by atoms with Gasteiger partial charge in [0.1, 0.15) is 0 Å². The lowest BCUT2D eigenvalue weighted by Crippen LogP contribution is -2.09. The van der Waals surface area contributed by atoms with Crippen molar-refractivity contribution in [1.29, 1.82) is 0 Å². The van der Waals surface area contributed by atoms with Crippen molar-refractivity contribution in [1.82, 2.24) is 9.13 Å². The third kappa shape index (κ3) is 12.8. The molecule has 2 heterocycles. The van der Waals surface area contributed by atoms with E-state index in [0.29, 0.717) is 0 Å². The maximum atomic E-state index is 2.37. The molecule has 0 amide bonds. The van der Waals surface area contributed by atoms with E-state index in [9.17, 15) is 0 Å². The van der Waals surface area contributed by atoms with E-state index in [4.69, 9.17) is 0 Å². The van der Waals surface area contributed by atoms with E-state index in [1.165, 1.54) is 143 Å². The Morgan fingerprint density at radius 3 is 0.580 bits per heavy atom. The molecule has 4 nitrogen and oxygen atoms in total. The van der Waals surface area contributed by atoms with Crippen LogP contribution in [-0.4, -0.2) is 9.13 Å². The second-order valence-corrected chi connectivity index (χ2v) is 28.8. The van der Waals surface area contributed by atoms with E-state index in [2.05, 4.69) is 468 Å². The summed E-state index contributed by atoms with van der Waals surface area (Å²) in [5.74, 6) is 0. The molecule has 19 aromatic carbocycles. The number of aromatic nitrogens is 2. The molecule has 0 radical (unpaired) electrons. The van der Waals surface area contributed by atoms with Crippen molar-refractivity contribution < 1.29 is 0 Å². The molecule has 21 rings (SSSR count). The largest absolute Gasteiger partial charge is 0.311 e. The van der Waals surface area contributed by atoms with Crippen molar-refractivity contribution in [3.8, 4) is 78.1 Å². The number of hydrogen-bond acceptors (Lipinski definition) is 2. The van der Waals surface area contributed by atoms with Gasteiger partial charge in [-0.15, -0.1) is 0 Å². The summed E-state index contributed by atoms with van der Waals surface area (Å²) in [5, 5.41) is 12.6. The minimum absolute atomic E-state index is 1.10. The molecule has 0 saturated carbocycles. The molecule has 2 aromatic heterocycles. The molecule has 0 bridgehead atoms. The Morgan fingerprint density at radius 1 is 0.134 bits per heavy atom. The van der Waals surface area contributed by atoms with E-state index in [1.807, 2.05) is 0 Å². The first kappa shape index (κ1) is 66.6. The van der Waals surface area contributed by atoms with Gasteiger partial charge in [0.05, 0.1) is 22.1 Å². The molecule has 526 valence electrons. The van der Waals surface area contributed by atoms with Crippen molar-refractivity contribution in [3.05, 3.63) is 449 Å². The molecule has 0 N–H and O–H groups in total. The Bertz CT molecular complexity index is 6750. The summed E-state index contributed by atoms with van der Waals surface area (Å²) in [6, 6.07) is 162. The summed E-state index contributed by atoms with van der Waals surface area (Å²) in [6.07, 6.45) is 0. The number of anilines is 6. The predicted molar refractivity (Wildman–Crippen MR) is 476 cm³/mol. The van der Waals surface area contributed by atoms with Crippen molar-refractivity contribution in [3.63, 3.8) is 0 Å². The number of para-hydroxylation sites is 4. The summed E-state index contributed by atoms with van der Waals surface area (Å²) in [7, 11) is 0. The number of fused-ring (bicyclic) bond motifs is 9. The SMILES string of the molecule is c1ccc(-c2ccc(N(c3ccc(-c4ccc(-n5c6ccccc6c6ccccc65)cc4)cc3)c3ccc(-c4ccc5ccccc5c4)cc3)cc2)cc1.c1ccc2cc(-c3ccc(N(c4ccc(-c5ccc(-n6c7ccccc7c7ccccc76)cc5)cc4)c4ccc(-c5ccc6ccccc6c5)cc4)cc3)ccc2c1. The summed E-state index contributed by atoms with van der Waals surface area (Å²) < 4.78 is 4.73. The smallest absolute Gasteiger partial charge is 0.0541 e. The van der Waals surface area contributed by atoms with Gasteiger partial charge in [0.2, 0.25) is 0 Å². The fourth-order valence-corrected chi connectivity index (χ4v) is 16.5. The molecule has 0 aliphatic rings. The van der Waals surface area contributed by atoms with E-state index >= 15 is 0 Å². The summed E-state index contributed by atoms with van der Waals surface area (Å²) in [4.78, 5) is 4.69. The van der Waals surface area contributed by atoms with Crippen LogP contribution in [-0.2, 0) is 0 Å². The average molecular weight is 1430 g/mol. The fraction of sp³-hybridized carbons (Fsp3) is 0. The van der Waals surface area contributed by atoms with Gasteiger partial charge in [0, 0.05) is 67.0 Å². The first-order valence-corrected chi connectivity index (χ1v) is 38.4. The number of hydrogen-bond donors (Lipinski definition) is 0. The van der Waals surface area contributed by atoms with Crippen LogP contribution in [0.2, 0.25) is 0 Å². The summed E-state index contributed by atoms with van der Waals surface area (Å²) in [6.45, 7) is 0. The van der Waals surface area contributed by atoms with Crippen molar-refractivity contribution >= 4 is 110 Å². The molecule has 4 heteroatoms. The Morgan fingerprint density at radius 2 is 0.321 bits per heavy atom. The van der Waals surface area contributed by atoms with Gasteiger partial charge >= 0.3 is 0 Å². The quantitative estimate of drug-likeness (QED) is 0.108. The van der Waals surface area contributed by atoms with Crippen LogP contribution in [0.4, 0.5) is 34.1 Å². The third-order valence-electron chi connectivity index (χ3n) is 22.2. The number of nitrogens with zero attached hydrogens (tertiary/aromatic N) is 4. The summed E-state index contributed by atoms with van der Waals surface area (Å²) in [5.41, 5.74) is 28.2. The second kappa shape index (κ2) is 29.0. The Labute approximate surface area is 651 Å². The lowest BCUT2D eigenvalue weighted by atomic mass is 10.00. The maximum Gasteiger partial charge on any atom is 0.0541 e. The molecule has 0 unspecified atom stereocenters. The minimum Gasteiger partial charge on any atom is -0.311 e. The lowest BCUT2D eigenvalue weighted by Gasteiger charge is -2.26. The van der Waals surface area contributed by atoms with E-state index in [-0.39, 0.29) is 0 Å².